The summed E-state index contributed by atoms with van der Waals surface area (Å²) in [6.07, 6.45) is 0. The van der Waals surface area contributed by atoms with Crippen molar-refractivity contribution < 1.29 is 4.42 Å². The summed E-state index contributed by atoms with van der Waals surface area (Å²) >= 11 is 1.74. The molecule has 0 amide bonds. The van der Waals surface area contributed by atoms with Crippen LogP contribution in [0.4, 0.5) is 0 Å². The minimum Gasteiger partial charge on any atom is -0.461 e. The first-order valence-electron chi connectivity index (χ1n) is 5.58. The van der Waals surface area contributed by atoms with Crippen molar-refractivity contribution >= 4 is 22.3 Å². The van der Waals surface area contributed by atoms with E-state index in [1.54, 1.807) is 11.3 Å². The molecule has 0 aliphatic rings. The number of thiazole rings is 1. The van der Waals surface area contributed by atoms with E-state index in [1.165, 1.54) is 10.4 Å². The zero-order chi connectivity index (χ0) is 12.0. The lowest BCUT2D eigenvalue weighted by Crippen LogP contribution is -1.80. The fourth-order valence-corrected chi connectivity index (χ4v) is 2.96. The summed E-state index contributed by atoms with van der Waals surface area (Å²) in [5.74, 6) is 0.948. The van der Waals surface area contributed by atoms with Gasteiger partial charge in [0.05, 0.1) is 10.7 Å². The van der Waals surface area contributed by atoms with Crippen LogP contribution in [0.25, 0.3) is 22.2 Å². The Morgan fingerprint density at radius 3 is 2.65 bits per heavy atom. The van der Waals surface area contributed by atoms with Crippen LogP contribution in [0.2, 0.25) is 0 Å². The number of benzene rings is 1. The van der Waals surface area contributed by atoms with Crippen molar-refractivity contribution in [1.82, 2.24) is 4.98 Å². The molecular formula is C14H13NOS. The van der Waals surface area contributed by atoms with Gasteiger partial charge in [0.2, 0.25) is 0 Å². The standard InChI is InChI=1S/C14H13NOS/c1-8-6-12-7-11(4-5-13(12)16-8)14-9(2)17-10(3)15-14/h4-7H,1-3H3. The fraction of sp³-hybridized carbons (Fsp3) is 0.214. The third-order valence-electron chi connectivity index (χ3n) is 2.82. The molecule has 0 saturated heterocycles. The molecule has 0 unspecified atom stereocenters. The predicted octanol–water partition coefficient (Wildman–Crippen LogP) is 4.48. The molecule has 3 aromatic rings. The van der Waals surface area contributed by atoms with Crippen LogP contribution in [0.15, 0.2) is 28.7 Å². The van der Waals surface area contributed by atoms with Crippen LogP contribution in [0.1, 0.15) is 15.6 Å². The van der Waals surface area contributed by atoms with Gasteiger partial charge in [-0.3, -0.25) is 0 Å². The minimum absolute atomic E-state index is 0.941. The van der Waals surface area contributed by atoms with Crippen LogP contribution < -0.4 is 0 Å². The van der Waals surface area contributed by atoms with Gasteiger partial charge in [-0.1, -0.05) is 0 Å². The van der Waals surface area contributed by atoms with Crippen LogP contribution in [-0.4, -0.2) is 4.98 Å². The van der Waals surface area contributed by atoms with E-state index in [0.717, 1.165) is 27.4 Å². The smallest absolute Gasteiger partial charge is 0.134 e. The van der Waals surface area contributed by atoms with Crippen molar-refractivity contribution in [1.29, 1.82) is 0 Å². The van der Waals surface area contributed by atoms with Gasteiger partial charge in [0, 0.05) is 15.8 Å². The molecule has 1 aromatic carbocycles. The van der Waals surface area contributed by atoms with Crippen LogP contribution in [0.5, 0.6) is 0 Å². The number of rotatable bonds is 1. The van der Waals surface area contributed by atoms with Gasteiger partial charge in [0.15, 0.2) is 0 Å². The molecule has 2 aromatic heterocycles. The number of aryl methyl sites for hydroxylation is 3. The summed E-state index contributed by atoms with van der Waals surface area (Å²) in [4.78, 5) is 5.85. The molecule has 3 rings (SSSR count). The van der Waals surface area contributed by atoms with Crippen molar-refractivity contribution in [3.05, 3.63) is 39.9 Å². The average molecular weight is 243 g/mol. The Bertz CT molecular complexity index is 693. The highest BCUT2D eigenvalue weighted by Crippen LogP contribution is 2.30. The zero-order valence-electron chi connectivity index (χ0n) is 10.1. The molecule has 0 spiro atoms. The highest BCUT2D eigenvalue weighted by Gasteiger charge is 2.09. The van der Waals surface area contributed by atoms with E-state index in [4.69, 9.17) is 4.42 Å². The molecule has 0 aliphatic heterocycles. The highest BCUT2D eigenvalue weighted by molar-refractivity contribution is 7.11. The van der Waals surface area contributed by atoms with Crippen LogP contribution >= 0.6 is 11.3 Å². The first kappa shape index (κ1) is 10.5. The summed E-state index contributed by atoms with van der Waals surface area (Å²) in [5, 5.41) is 2.26. The fourth-order valence-electron chi connectivity index (χ4n) is 2.12. The van der Waals surface area contributed by atoms with E-state index in [0.29, 0.717) is 0 Å². The third-order valence-corrected chi connectivity index (χ3v) is 3.70. The molecule has 17 heavy (non-hydrogen) atoms. The summed E-state index contributed by atoms with van der Waals surface area (Å²) in [7, 11) is 0. The Balaban J connectivity index is 2.20. The first-order chi connectivity index (χ1) is 8.13. The highest BCUT2D eigenvalue weighted by atomic mass is 32.1. The van der Waals surface area contributed by atoms with Gasteiger partial charge in [0.25, 0.3) is 0 Å². The number of aromatic nitrogens is 1. The van der Waals surface area contributed by atoms with E-state index in [2.05, 4.69) is 30.1 Å². The number of nitrogens with zero attached hydrogens (tertiary/aromatic N) is 1. The van der Waals surface area contributed by atoms with E-state index in [-0.39, 0.29) is 0 Å². The molecule has 2 heterocycles. The van der Waals surface area contributed by atoms with Crippen molar-refractivity contribution in [2.24, 2.45) is 0 Å². The van der Waals surface area contributed by atoms with Gasteiger partial charge < -0.3 is 4.42 Å². The maximum atomic E-state index is 5.58. The molecule has 0 radical (unpaired) electrons. The lowest BCUT2D eigenvalue weighted by Gasteiger charge is -1.98. The normalized spacial score (nSPS) is 11.2. The third kappa shape index (κ3) is 1.76. The maximum absolute atomic E-state index is 5.58. The van der Waals surface area contributed by atoms with Gasteiger partial charge in [0.1, 0.15) is 11.3 Å². The molecule has 0 atom stereocenters. The molecule has 0 bridgehead atoms. The van der Waals surface area contributed by atoms with E-state index >= 15 is 0 Å². The SMILES string of the molecule is Cc1cc2cc(-c3nc(C)sc3C)ccc2o1. The summed E-state index contributed by atoms with van der Waals surface area (Å²) in [6, 6.07) is 8.30. The van der Waals surface area contributed by atoms with E-state index in [1.807, 2.05) is 19.9 Å². The lowest BCUT2D eigenvalue weighted by molar-refractivity contribution is 0.578. The summed E-state index contributed by atoms with van der Waals surface area (Å²) in [6.45, 7) is 6.13. The Hall–Kier alpha value is -1.61. The Labute approximate surface area is 104 Å². The lowest BCUT2D eigenvalue weighted by atomic mass is 10.1. The van der Waals surface area contributed by atoms with Gasteiger partial charge >= 0.3 is 0 Å². The van der Waals surface area contributed by atoms with Crippen molar-refractivity contribution in [3.63, 3.8) is 0 Å². The second-order valence-corrected chi connectivity index (χ2v) is 5.65. The molecule has 0 aliphatic carbocycles. The van der Waals surface area contributed by atoms with Gasteiger partial charge in [-0.15, -0.1) is 11.3 Å². The largest absolute Gasteiger partial charge is 0.461 e. The quantitative estimate of drug-likeness (QED) is 0.629. The number of hydrogen-bond donors (Lipinski definition) is 0. The summed E-state index contributed by atoms with van der Waals surface area (Å²) in [5.41, 5.74) is 3.20. The molecule has 0 N–H and O–H groups in total. The van der Waals surface area contributed by atoms with Gasteiger partial charge in [-0.05, 0) is 45.0 Å². The molecular weight excluding hydrogens is 230 g/mol. The molecule has 86 valence electrons. The van der Waals surface area contributed by atoms with Crippen molar-refractivity contribution in [3.8, 4) is 11.3 Å². The van der Waals surface area contributed by atoms with Crippen molar-refractivity contribution in [2.75, 3.05) is 0 Å². The van der Waals surface area contributed by atoms with E-state index in [9.17, 15) is 0 Å². The van der Waals surface area contributed by atoms with Crippen LogP contribution in [-0.2, 0) is 0 Å². The van der Waals surface area contributed by atoms with Gasteiger partial charge in [-0.25, -0.2) is 4.98 Å². The number of fused-ring (bicyclic) bond motifs is 1. The number of hydrogen-bond acceptors (Lipinski definition) is 3. The molecule has 0 fully saturated rings. The summed E-state index contributed by atoms with van der Waals surface area (Å²) < 4.78 is 5.58. The average Bonchev–Trinajstić information content (AvgIpc) is 2.78. The zero-order valence-corrected chi connectivity index (χ0v) is 10.9. The molecule has 3 heteroatoms. The second kappa shape index (κ2) is 3.70. The first-order valence-corrected chi connectivity index (χ1v) is 6.40. The number of furan rings is 1. The molecule has 2 nitrogen and oxygen atoms in total. The predicted molar refractivity (Wildman–Crippen MR) is 71.5 cm³/mol. The topological polar surface area (TPSA) is 26.0 Å². The Morgan fingerprint density at radius 1 is 1.12 bits per heavy atom. The van der Waals surface area contributed by atoms with Gasteiger partial charge in [-0.2, -0.15) is 0 Å². The minimum atomic E-state index is 0.941. The van der Waals surface area contributed by atoms with Crippen molar-refractivity contribution in [2.45, 2.75) is 20.8 Å². The molecule has 0 saturated carbocycles. The second-order valence-electron chi connectivity index (χ2n) is 4.25. The Morgan fingerprint density at radius 2 is 1.94 bits per heavy atom. The van der Waals surface area contributed by atoms with Crippen LogP contribution in [0.3, 0.4) is 0 Å². The Kier molecular flexibility index (Phi) is 2.30. The monoisotopic (exact) mass is 243 g/mol. The maximum Gasteiger partial charge on any atom is 0.134 e. The van der Waals surface area contributed by atoms with E-state index < -0.39 is 0 Å². The van der Waals surface area contributed by atoms with Crippen LogP contribution in [0, 0.1) is 20.8 Å².